The van der Waals surface area contributed by atoms with Crippen LogP contribution < -0.4 is 0 Å². The summed E-state index contributed by atoms with van der Waals surface area (Å²) in [5, 5.41) is 8.99. The molecule has 0 saturated carbocycles. The van der Waals surface area contributed by atoms with E-state index in [2.05, 4.69) is 26.0 Å². The lowest BCUT2D eigenvalue weighted by atomic mass is 9.93. The molecule has 13 heavy (non-hydrogen) atoms. The van der Waals surface area contributed by atoms with Crippen molar-refractivity contribution in [1.29, 1.82) is 0 Å². The summed E-state index contributed by atoms with van der Waals surface area (Å²) in [4.78, 5) is 0. The highest BCUT2D eigenvalue weighted by molar-refractivity contribution is 5.25. The monoisotopic (exact) mass is 178 g/mol. The maximum absolute atomic E-state index is 8.99. The second-order valence-corrected chi connectivity index (χ2v) is 3.42. The Morgan fingerprint density at radius 3 is 2.46 bits per heavy atom. The van der Waals surface area contributed by atoms with Gasteiger partial charge in [-0.05, 0) is 29.9 Å². The molecule has 0 aromatic heterocycles. The normalized spacial score (nSPS) is 10.8. The Labute approximate surface area is 80.4 Å². The molecule has 1 N–H and O–H groups in total. The Kier molecular flexibility index (Phi) is 3.97. The van der Waals surface area contributed by atoms with Crippen LogP contribution in [0.2, 0.25) is 0 Å². The van der Waals surface area contributed by atoms with Crippen molar-refractivity contribution in [2.24, 2.45) is 0 Å². The van der Waals surface area contributed by atoms with Crippen LogP contribution in [0.15, 0.2) is 24.3 Å². The lowest BCUT2D eigenvalue weighted by Gasteiger charge is -2.13. The molecule has 0 unspecified atom stereocenters. The molecule has 0 saturated heterocycles. The minimum absolute atomic E-state index is 0.147. The standard InChI is InChI=1S/C12H18O/c1-3-11(4-2)12-7-5-6-10(8-12)9-13/h5-8,11,13H,3-4,9H2,1-2H3. The van der Waals surface area contributed by atoms with Crippen molar-refractivity contribution in [3.63, 3.8) is 0 Å². The Morgan fingerprint density at radius 2 is 1.92 bits per heavy atom. The smallest absolute Gasteiger partial charge is 0.0681 e. The van der Waals surface area contributed by atoms with Crippen LogP contribution in [0, 0.1) is 0 Å². The molecule has 0 radical (unpaired) electrons. The van der Waals surface area contributed by atoms with Crippen molar-refractivity contribution >= 4 is 0 Å². The number of aliphatic hydroxyl groups excluding tert-OH is 1. The fourth-order valence-corrected chi connectivity index (χ4v) is 1.71. The van der Waals surface area contributed by atoms with Gasteiger partial charge in [0.25, 0.3) is 0 Å². The fourth-order valence-electron chi connectivity index (χ4n) is 1.71. The third-order valence-corrected chi connectivity index (χ3v) is 2.59. The van der Waals surface area contributed by atoms with E-state index in [1.165, 1.54) is 18.4 Å². The average molecular weight is 178 g/mol. The van der Waals surface area contributed by atoms with E-state index in [0.717, 1.165) is 5.56 Å². The number of rotatable bonds is 4. The van der Waals surface area contributed by atoms with Gasteiger partial charge in [-0.3, -0.25) is 0 Å². The zero-order valence-electron chi connectivity index (χ0n) is 8.46. The molecule has 1 aromatic carbocycles. The van der Waals surface area contributed by atoms with E-state index in [9.17, 15) is 0 Å². The summed E-state index contributed by atoms with van der Waals surface area (Å²) in [6.45, 7) is 4.56. The fraction of sp³-hybridized carbons (Fsp3) is 0.500. The Hall–Kier alpha value is -0.820. The first-order valence-corrected chi connectivity index (χ1v) is 5.01. The lowest BCUT2D eigenvalue weighted by Crippen LogP contribution is -1.96. The summed E-state index contributed by atoms with van der Waals surface area (Å²) in [5.41, 5.74) is 2.38. The average Bonchev–Trinajstić information content (AvgIpc) is 2.20. The second kappa shape index (κ2) is 5.03. The summed E-state index contributed by atoms with van der Waals surface area (Å²) in [5.74, 6) is 0.645. The molecule has 1 heteroatoms. The number of benzene rings is 1. The number of aliphatic hydroxyl groups is 1. The SMILES string of the molecule is CCC(CC)c1cccc(CO)c1. The van der Waals surface area contributed by atoms with Crippen LogP contribution >= 0.6 is 0 Å². The van der Waals surface area contributed by atoms with E-state index >= 15 is 0 Å². The third kappa shape index (κ3) is 2.56. The van der Waals surface area contributed by atoms with Crippen molar-refractivity contribution in [3.8, 4) is 0 Å². The van der Waals surface area contributed by atoms with Gasteiger partial charge in [0, 0.05) is 0 Å². The molecule has 0 fully saturated rings. The van der Waals surface area contributed by atoms with Crippen LogP contribution in [0.4, 0.5) is 0 Å². The van der Waals surface area contributed by atoms with Gasteiger partial charge in [-0.2, -0.15) is 0 Å². The van der Waals surface area contributed by atoms with Crippen LogP contribution in [-0.2, 0) is 6.61 Å². The molecule has 0 spiro atoms. The molecule has 1 aromatic rings. The van der Waals surface area contributed by atoms with Gasteiger partial charge >= 0.3 is 0 Å². The minimum Gasteiger partial charge on any atom is -0.392 e. The molecule has 1 nitrogen and oxygen atoms in total. The van der Waals surface area contributed by atoms with Crippen molar-refractivity contribution in [2.45, 2.75) is 39.2 Å². The van der Waals surface area contributed by atoms with Crippen LogP contribution in [0.25, 0.3) is 0 Å². The molecule has 0 heterocycles. The Bertz CT molecular complexity index is 251. The predicted molar refractivity (Wildman–Crippen MR) is 55.7 cm³/mol. The first-order valence-electron chi connectivity index (χ1n) is 5.01. The minimum atomic E-state index is 0.147. The maximum Gasteiger partial charge on any atom is 0.0681 e. The van der Waals surface area contributed by atoms with Gasteiger partial charge in [0.05, 0.1) is 6.61 Å². The van der Waals surface area contributed by atoms with Crippen LogP contribution in [0.3, 0.4) is 0 Å². The Balaban J connectivity index is 2.86. The molecule has 72 valence electrons. The zero-order valence-corrected chi connectivity index (χ0v) is 8.46. The highest BCUT2D eigenvalue weighted by Crippen LogP contribution is 2.23. The van der Waals surface area contributed by atoms with Crippen molar-refractivity contribution in [3.05, 3.63) is 35.4 Å². The van der Waals surface area contributed by atoms with Gasteiger partial charge in [-0.15, -0.1) is 0 Å². The predicted octanol–water partition coefficient (Wildman–Crippen LogP) is 3.08. The summed E-state index contributed by atoms with van der Waals surface area (Å²) < 4.78 is 0. The van der Waals surface area contributed by atoms with Gasteiger partial charge in [0.15, 0.2) is 0 Å². The number of hydrogen-bond donors (Lipinski definition) is 1. The van der Waals surface area contributed by atoms with Gasteiger partial charge in [-0.1, -0.05) is 38.1 Å². The molecule has 1 rings (SSSR count). The van der Waals surface area contributed by atoms with E-state index in [1.54, 1.807) is 0 Å². The highest BCUT2D eigenvalue weighted by atomic mass is 16.3. The van der Waals surface area contributed by atoms with Gasteiger partial charge in [0.2, 0.25) is 0 Å². The highest BCUT2D eigenvalue weighted by Gasteiger charge is 2.06. The lowest BCUT2D eigenvalue weighted by molar-refractivity contribution is 0.281. The van der Waals surface area contributed by atoms with Crippen molar-refractivity contribution < 1.29 is 5.11 Å². The van der Waals surface area contributed by atoms with Crippen molar-refractivity contribution in [2.75, 3.05) is 0 Å². The van der Waals surface area contributed by atoms with Gasteiger partial charge < -0.3 is 5.11 Å². The molecule has 0 bridgehead atoms. The van der Waals surface area contributed by atoms with E-state index in [4.69, 9.17) is 5.11 Å². The van der Waals surface area contributed by atoms with Crippen LogP contribution in [0.5, 0.6) is 0 Å². The Morgan fingerprint density at radius 1 is 1.23 bits per heavy atom. The van der Waals surface area contributed by atoms with E-state index in [1.807, 2.05) is 12.1 Å². The maximum atomic E-state index is 8.99. The topological polar surface area (TPSA) is 20.2 Å². The first kappa shape index (κ1) is 10.3. The van der Waals surface area contributed by atoms with E-state index < -0.39 is 0 Å². The second-order valence-electron chi connectivity index (χ2n) is 3.42. The molecule has 0 amide bonds. The van der Waals surface area contributed by atoms with E-state index in [0.29, 0.717) is 5.92 Å². The largest absolute Gasteiger partial charge is 0.392 e. The molecule has 0 aliphatic heterocycles. The van der Waals surface area contributed by atoms with Crippen molar-refractivity contribution in [1.82, 2.24) is 0 Å². The third-order valence-electron chi connectivity index (χ3n) is 2.59. The van der Waals surface area contributed by atoms with Crippen LogP contribution in [-0.4, -0.2) is 5.11 Å². The number of hydrogen-bond acceptors (Lipinski definition) is 1. The van der Waals surface area contributed by atoms with Crippen LogP contribution in [0.1, 0.15) is 43.7 Å². The molecular formula is C12H18O. The summed E-state index contributed by atoms with van der Waals surface area (Å²) in [7, 11) is 0. The molecule has 0 aliphatic rings. The van der Waals surface area contributed by atoms with E-state index in [-0.39, 0.29) is 6.61 Å². The molecular weight excluding hydrogens is 160 g/mol. The molecule has 0 atom stereocenters. The summed E-state index contributed by atoms with van der Waals surface area (Å²) in [6.07, 6.45) is 2.34. The quantitative estimate of drug-likeness (QED) is 0.751. The summed E-state index contributed by atoms with van der Waals surface area (Å²) in [6, 6.07) is 8.25. The van der Waals surface area contributed by atoms with Gasteiger partial charge in [0.1, 0.15) is 0 Å². The zero-order chi connectivity index (χ0) is 9.68. The first-order chi connectivity index (χ1) is 6.31. The summed E-state index contributed by atoms with van der Waals surface area (Å²) >= 11 is 0. The van der Waals surface area contributed by atoms with Gasteiger partial charge in [-0.25, -0.2) is 0 Å². The molecule has 0 aliphatic carbocycles.